The smallest absolute Gasteiger partial charge is 0.0929 e. The van der Waals surface area contributed by atoms with Gasteiger partial charge in [0.1, 0.15) is 0 Å². The summed E-state index contributed by atoms with van der Waals surface area (Å²) < 4.78 is 7.34. The molecule has 1 heterocycles. The van der Waals surface area contributed by atoms with Crippen molar-refractivity contribution in [2.75, 3.05) is 6.61 Å². The van der Waals surface area contributed by atoms with Crippen molar-refractivity contribution in [3.63, 3.8) is 0 Å². The zero-order valence-corrected chi connectivity index (χ0v) is 9.69. The van der Waals surface area contributed by atoms with Crippen molar-refractivity contribution in [2.24, 2.45) is 12.9 Å². The van der Waals surface area contributed by atoms with E-state index in [1.807, 2.05) is 27.8 Å². The highest BCUT2D eigenvalue weighted by Gasteiger charge is 2.32. The fourth-order valence-electron chi connectivity index (χ4n) is 1.66. The quantitative estimate of drug-likeness (QED) is 0.537. The maximum Gasteiger partial charge on any atom is 0.0929 e. The highest BCUT2D eigenvalue weighted by molar-refractivity contribution is 5.07. The largest absolute Gasteiger partial charge is 0.374 e. The number of aromatic nitrogens is 3. The number of aryl methyl sites for hydroxylation is 1. The van der Waals surface area contributed by atoms with Crippen molar-refractivity contribution in [3.05, 3.63) is 11.9 Å². The van der Waals surface area contributed by atoms with Gasteiger partial charge in [-0.15, -0.1) is 5.10 Å². The van der Waals surface area contributed by atoms with Gasteiger partial charge in [0, 0.05) is 13.7 Å². The molecule has 1 aromatic rings. The minimum absolute atomic E-state index is 0.141. The predicted molar refractivity (Wildman–Crippen MR) is 56.8 cm³/mol. The summed E-state index contributed by atoms with van der Waals surface area (Å²) in [5.41, 5.74) is 3.24. The Bertz CT molecular complexity index is 309. The van der Waals surface area contributed by atoms with Crippen LogP contribution in [0.4, 0.5) is 0 Å². The molecular weight excluding hydrogens is 194 g/mol. The number of nitrogens with zero attached hydrogens (tertiary/aromatic N) is 3. The fraction of sp³-hybridized carbons (Fsp3) is 0.778. The van der Waals surface area contributed by atoms with E-state index in [0.717, 1.165) is 5.69 Å². The van der Waals surface area contributed by atoms with Crippen LogP contribution in [0.5, 0.6) is 0 Å². The normalized spacial score (nSPS) is 14.2. The van der Waals surface area contributed by atoms with E-state index in [2.05, 4.69) is 15.7 Å². The SMILES string of the molecule is CCOC(C)(C)C(NN)c1cnnn1C. The third kappa shape index (κ3) is 2.53. The van der Waals surface area contributed by atoms with Crippen molar-refractivity contribution >= 4 is 0 Å². The van der Waals surface area contributed by atoms with Crippen LogP contribution in [0.3, 0.4) is 0 Å². The maximum atomic E-state index is 5.65. The van der Waals surface area contributed by atoms with Gasteiger partial charge in [-0.2, -0.15) is 0 Å². The summed E-state index contributed by atoms with van der Waals surface area (Å²) in [4.78, 5) is 0. The van der Waals surface area contributed by atoms with Gasteiger partial charge >= 0.3 is 0 Å². The van der Waals surface area contributed by atoms with Gasteiger partial charge in [-0.3, -0.25) is 10.5 Å². The first-order valence-corrected chi connectivity index (χ1v) is 4.97. The maximum absolute atomic E-state index is 5.65. The molecule has 0 saturated heterocycles. The fourth-order valence-corrected chi connectivity index (χ4v) is 1.66. The summed E-state index contributed by atoms with van der Waals surface area (Å²) in [5, 5.41) is 7.70. The Morgan fingerprint density at radius 3 is 2.73 bits per heavy atom. The second-order valence-electron chi connectivity index (χ2n) is 3.92. The van der Waals surface area contributed by atoms with E-state index in [1.165, 1.54) is 0 Å². The summed E-state index contributed by atoms with van der Waals surface area (Å²) in [7, 11) is 1.83. The molecule has 15 heavy (non-hydrogen) atoms. The Morgan fingerprint density at radius 2 is 2.33 bits per heavy atom. The van der Waals surface area contributed by atoms with Crippen LogP contribution in [-0.2, 0) is 11.8 Å². The van der Waals surface area contributed by atoms with E-state index >= 15 is 0 Å². The van der Waals surface area contributed by atoms with Gasteiger partial charge in [-0.05, 0) is 20.8 Å². The number of rotatable bonds is 5. The van der Waals surface area contributed by atoms with Crippen LogP contribution in [0.2, 0.25) is 0 Å². The number of nitrogens with one attached hydrogen (secondary N) is 1. The number of ether oxygens (including phenoxy) is 1. The van der Waals surface area contributed by atoms with E-state index in [1.54, 1.807) is 10.9 Å². The highest BCUT2D eigenvalue weighted by Crippen LogP contribution is 2.27. The molecule has 0 bridgehead atoms. The lowest BCUT2D eigenvalue weighted by molar-refractivity contribution is -0.0411. The lowest BCUT2D eigenvalue weighted by Crippen LogP contribution is -2.45. The molecule has 1 atom stereocenters. The minimum Gasteiger partial charge on any atom is -0.374 e. The van der Waals surface area contributed by atoms with Crippen molar-refractivity contribution in [1.82, 2.24) is 20.4 Å². The standard InChI is InChI=1S/C9H19N5O/c1-5-15-9(2,3)8(12-10)7-6-11-13-14(7)4/h6,8,12H,5,10H2,1-4H3. The van der Waals surface area contributed by atoms with E-state index < -0.39 is 5.60 Å². The first-order chi connectivity index (χ1) is 7.03. The number of hydrogen-bond acceptors (Lipinski definition) is 5. The van der Waals surface area contributed by atoms with Gasteiger partial charge in [0.15, 0.2) is 0 Å². The molecule has 3 N–H and O–H groups in total. The molecule has 0 amide bonds. The van der Waals surface area contributed by atoms with Gasteiger partial charge in [0.2, 0.25) is 0 Å². The zero-order valence-electron chi connectivity index (χ0n) is 9.69. The van der Waals surface area contributed by atoms with Gasteiger partial charge < -0.3 is 4.74 Å². The highest BCUT2D eigenvalue weighted by atomic mass is 16.5. The molecule has 0 spiro atoms. The Hall–Kier alpha value is -0.980. The summed E-state index contributed by atoms with van der Waals surface area (Å²) in [6.07, 6.45) is 1.69. The second kappa shape index (κ2) is 4.69. The van der Waals surface area contributed by atoms with Crippen molar-refractivity contribution in [2.45, 2.75) is 32.4 Å². The van der Waals surface area contributed by atoms with Crippen LogP contribution in [0.25, 0.3) is 0 Å². The molecule has 0 aliphatic carbocycles. The zero-order chi connectivity index (χ0) is 11.5. The third-order valence-corrected chi connectivity index (χ3v) is 2.42. The van der Waals surface area contributed by atoms with Crippen molar-refractivity contribution in [3.8, 4) is 0 Å². The average Bonchev–Trinajstić information content (AvgIpc) is 2.53. The molecule has 0 saturated carbocycles. The molecule has 0 radical (unpaired) electrons. The molecule has 0 aliphatic heterocycles. The Balaban J connectivity index is 2.93. The number of hydrogen-bond donors (Lipinski definition) is 2. The van der Waals surface area contributed by atoms with Crippen LogP contribution < -0.4 is 11.3 Å². The van der Waals surface area contributed by atoms with Crippen LogP contribution in [-0.4, -0.2) is 27.2 Å². The molecule has 6 heteroatoms. The topological polar surface area (TPSA) is 78.0 Å². The predicted octanol–water partition coefficient (Wildman–Crippen LogP) is 0.135. The summed E-state index contributed by atoms with van der Waals surface area (Å²) in [6, 6.07) is -0.141. The molecule has 0 aromatic carbocycles. The lowest BCUT2D eigenvalue weighted by Gasteiger charge is -2.33. The average molecular weight is 213 g/mol. The Kier molecular flexibility index (Phi) is 3.78. The monoisotopic (exact) mass is 213 g/mol. The molecular formula is C9H19N5O. The molecule has 1 rings (SSSR count). The molecule has 0 aliphatic rings. The Labute approximate surface area is 89.8 Å². The molecule has 6 nitrogen and oxygen atoms in total. The molecule has 1 aromatic heterocycles. The molecule has 86 valence electrons. The van der Waals surface area contributed by atoms with Crippen LogP contribution >= 0.6 is 0 Å². The summed E-state index contributed by atoms with van der Waals surface area (Å²) >= 11 is 0. The lowest BCUT2D eigenvalue weighted by atomic mass is 9.96. The summed E-state index contributed by atoms with van der Waals surface area (Å²) in [6.45, 7) is 6.55. The molecule has 1 unspecified atom stereocenters. The first-order valence-electron chi connectivity index (χ1n) is 4.97. The number of nitrogens with two attached hydrogens (primary N) is 1. The first kappa shape index (κ1) is 12.1. The second-order valence-corrected chi connectivity index (χ2v) is 3.92. The van der Waals surface area contributed by atoms with E-state index in [4.69, 9.17) is 10.6 Å². The van der Waals surface area contributed by atoms with Gasteiger partial charge in [-0.1, -0.05) is 5.21 Å². The minimum atomic E-state index is -0.404. The summed E-state index contributed by atoms with van der Waals surface area (Å²) in [5.74, 6) is 5.55. The number of hydrazine groups is 1. The van der Waals surface area contributed by atoms with Crippen LogP contribution in [0, 0.1) is 0 Å². The van der Waals surface area contributed by atoms with Crippen molar-refractivity contribution in [1.29, 1.82) is 0 Å². The van der Waals surface area contributed by atoms with E-state index in [0.29, 0.717) is 6.61 Å². The third-order valence-electron chi connectivity index (χ3n) is 2.42. The van der Waals surface area contributed by atoms with Gasteiger partial charge in [-0.25, -0.2) is 5.43 Å². The van der Waals surface area contributed by atoms with E-state index in [-0.39, 0.29) is 6.04 Å². The van der Waals surface area contributed by atoms with Crippen molar-refractivity contribution < 1.29 is 4.74 Å². The Morgan fingerprint density at radius 1 is 1.67 bits per heavy atom. The van der Waals surface area contributed by atoms with Gasteiger partial charge in [0.25, 0.3) is 0 Å². The van der Waals surface area contributed by atoms with Crippen LogP contribution in [0.1, 0.15) is 32.5 Å². The molecule has 0 fully saturated rings. The van der Waals surface area contributed by atoms with Crippen LogP contribution in [0.15, 0.2) is 6.20 Å². The van der Waals surface area contributed by atoms with E-state index in [9.17, 15) is 0 Å². The van der Waals surface area contributed by atoms with Gasteiger partial charge in [0.05, 0.1) is 23.5 Å².